The van der Waals surface area contributed by atoms with Gasteiger partial charge in [-0.15, -0.1) is 5.10 Å². The molecule has 1 aliphatic heterocycles. The second-order valence-corrected chi connectivity index (χ2v) is 6.92. The fourth-order valence-corrected chi connectivity index (χ4v) is 3.76. The van der Waals surface area contributed by atoms with Gasteiger partial charge in [-0.05, 0) is 36.7 Å². The molecule has 4 aromatic rings. The molecule has 1 fully saturated rings. The van der Waals surface area contributed by atoms with E-state index in [0.29, 0.717) is 6.54 Å². The number of benzene rings is 2. The minimum Gasteiger partial charge on any atom is -0.391 e. The SMILES string of the molecule is O[C@H]1CNCC[C@@H]1c1ccc(-n2cc(-c3n[nH]c4ccccc34)nn2)cc1. The van der Waals surface area contributed by atoms with Gasteiger partial charge in [0, 0.05) is 17.8 Å². The van der Waals surface area contributed by atoms with Gasteiger partial charge in [-0.2, -0.15) is 5.10 Å². The number of nitrogens with zero attached hydrogens (tertiary/aromatic N) is 4. The maximum absolute atomic E-state index is 10.2. The van der Waals surface area contributed by atoms with Gasteiger partial charge in [-0.1, -0.05) is 35.5 Å². The van der Waals surface area contributed by atoms with Crippen molar-refractivity contribution in [3.63, 3.8) is 0 Å². The number of rotatable bonds is 3. The van der Waals surface area contributed by atoms with Crippen molar-refractivity contribution in [3.8, 4) is 17.1 Å². The third kappa shape index (κ3) is 2.90. The number of β-amino-alcohol motifs (C(OH)–C–C–N with tert-alkyl or cyclic N) is 1. The summed E-state index contributed by atoms with van der Waals surface area (Å²) in [5, 5.41) is 30.4. The Morgan fingerprint density at radius 3 is 2.78 bits per heavy atom. The predicted molar refractivity (Wildman–Crippen MR) is 103 cm³/mol. The fourth-order valence-electron chi connectivity index (χ4n) is 3.76. The molecule has 3 heterocycles. The summed E-state index contributed by atoms with van der Waals surface area (Å²) >= 11 is 0. The first kappa shape index (κ1) is 16.2. The molecule has 136 valence electrons. The lowest BCUT2D eigenvalue weighted by Crippen LogP contribution is -2.39. The summed E-state index contributed by atoms with van der Waals surface area (Å²) in [6.07, 6.45) is 2.49. The van der Waals surface area contributed by atoms with Crippen molar-refractivity contribution in [3.05, 3.63) is 60.3 Å². The number of hydrogen-bond donors (Lipinski definition) is 3. The Bertz CT molecular complexity index is 1070. The highest BCUT2D eigenvalue weighted by Gasteiger charge is 2.24. The standard InChI is InChI=1S/C20H20N6O/c27-19-11-21-10-9-15(19)13-5-7-14(8-6-13)26-12-18(23-25-26)20-16-3-1-2-4-17(16)22-24-20/h1-8,12,15,19,21,27H,9-11H2,(H,22,24)/t15-,19+/m1/s1. The number of para-hydroxylation sites is 1. The molecule has 1 aliphatic rings. The summed E-state index contributed by atoms with van der Waals surface area (Å²) in [7, 11) is 0. The van der Waals surface area contributed by atoms with E-state index in [0.717, 1.165) is 46.5 Å². The van der Waals surface area contributed by atoms with Crippen molar-refractivity contribution in [2.75, 3.05) is 13.1 Å². The average Bonchev–Trinajstić information content (AvgIpc) is 3.35. The van der Waals surface area contributed by atoms with Gasteiger partial charge < -0.3 is 10.4 Å². The first-order valence-corrected chi connectivity index (χ1v) is 9.14. The number of piperidine rings is 1. The molecule has 1 saturated heterocycles. The molecule has 0 saturated carbocycles. The van der Waals surface area contributed by atoms with E-state index >= 15 is 0 Å². The lowest BCUT2D eigenvalue weighted by Gasteiger charge is -2.28. The third-order valence-electron chi connectivity index (χ3n) is 5.24. The largest absolute Gasteiger partial charge is 0.391 e. The van der Waals surface area contributed by atoms with Crippen LogP contribution in [0.5, 0.6) is 0 Å². The van der Waals surface area contributed by atoms with Crippen molar-refractivity contribution >= 4 is 10.9 Å². The van der Waals surface area contributed by atoms with E-state index in [9.17, 15) is 5.11 Å². The van der Waals surface area contributed by atoms with Crippen LogP contribution in [0.3, 0.4) is 0 Å². The topological polar surface area (TPSA) is 91.7 Å². The molecule has 0 aliphatic carbocycles. The first-order valence-electron chi connectivity index (χ1n) is 9.14. The first-order chi connectivity index (χ1) is 13.3. The number of aromatic amines is 1. The van der Waals surface area contributed by atoms with E-state index in [1.807, 2.05) is 42.6 Å². The van der Waals surface area contributed by atoms with E-state index in [1.54, 1.807) is 4.68 Å². The highest BCUT2D eigenvalue weighted by atomic mass is 16.3. The quantitative estimate of drug-likeness (QED) is 0.521. The Balaban J connectivity index is 1.43. The van der Waals surface area contributed by atoms with Crippen LogP contribution in [0.25, 0.3) is 28.0 Å². The van der Waals surface area contributed by atoms with Crippen LogP contribution in [-0.2, 0) is 0 Å². The monoisotopic (exact) mass is 360 g/mol. The number of aliphatic hydroxyl groups is 1. The van der Waals surface area contributed by atoms with Gasteiger partial charge in [0.05, 0.1) is 23.5 Å². The van der Waals surface area contributed by atoms with Gasteiger partial charge >= 0.3 is 0 Å². The molecule has 2 atom stereocenters. The smallest absolute Gasteiger partial charge is 0.134 e. The van der Waals surface area contributed by atoms with E-state index < -0.39 is 0 Å². The van der Waals surface area contributed by atoms with Crippen molar-refractivity contribution in [2.24, 2.45) is 0 Å². The predicted octanol–water partition coefficient (Wildman–Crippen LogP) is 2.25. The average molecular weight is 360 g/mol. The van der Waals surface area contributed by atoms with E-state index in [-0.39, 0.29) is 12.0 Å². The van der Waals surface area contributed by atoms with Crippen molar-refractivity contribution in [1.29, 1.82) is 0 Å². The second kappa shape index (κ2) is 6.61. The molecular formula is C20H20N6O. The van der Waals surface area contributed by atoms with Crippen LogP contribution in [0.4, 0.5) is 0 Å². The summed E-state index contributed by atoms with van der Waals surface area (Å²) in [4.78, 5) is 0. The molecule has 0 spiro atoms. The lowest BCUT2D eigenvalue weighted by molar-refractivity contribution is 0.118. The molecule has 0 bridgehead atoms. The van der Waals surface area contributed by atoms with Crippen LogP contribution >= 0.6 is 0 Å². The van der Waals surface area contributed by atoms with Crippen LogP contribution in [-0.4, -0.2) is 49.5 Å². The second-order valence-electron chi connectivity index (χ2n) is 6.92. The zero-order valence-electron chi connectivity index (χ0n) is 14.7. The highest BCUT2D eigenvalue weighted by Crippen LogP contribution is 2.27. The van der Waals surface area contributed by atoms with Crippen LogP contribution in [0, 0.1) is 0 Å². The molecule has 0 radical (unpaired) electrons. The number of H-pyrrole nitrogens is 1. The summed E-state index contributed by atoms with van der Waals surface area (Å²) in [5.74, 6) is 0.182. The maximum atomic E-state index is 10.2. The molecule has 0 amide bonds. The third-order valence-corrected chi connectivity index (χ3v) is 5.24. The minimum absolute atomic E-state index is 0.182. The van der Waals surface area contributed by atoms with Gasteiger partial charge in [0.15, 0.2) is 0 Å². The Morgan fingerprint density at radius 1 is 1.07 bits per heavy atom. The molecule has 7 nitrogen and oxygen atoms in total. The van der Waals surface area contributed by atoms with Crippen LogP contribution in [0.2, 0.25) is 0 Å². The summed E-state index contributed by atoms with van der Waals surface area (Å²) < 4.78 is 1.75. The number of nitrogens with one attached hydrogen (secondary N) is 2. The fraction of sp³-hybridized carbons (Fsp3) is 0.250. The van der Waals surface area contributed by atoms with Crippen molar-refractivity contribution < 1.29 is 5.11 Å². The number of aromatic nitrogens is 5. The van der Waals surface area contributed by atoms with Gasteiger partial charge in [-0.25, -0.2) is 4.68 Å². The summed E-state index contributed by atoms with van der Waals surface area (Å²) in [6, 6.07) is 16.1. The number of aliphatic hydroxyl groups excluding tert-OH is 1. The molecule has 2 aromatic carbocycles. The molecular weight excluding hydrogens is 340 g/mol. The lowest BCUT2D eigenvalue weighted by atomic mass is 9.88. The Morgan fingerprint density at radius 2 is 1.93 bits per heavy atom. The molecule has 27 heavy (non-hydrogen) atoms. The minimum atomic E-state index is -0.337. The highest BCUT2D eigenvalue weighted by molar-refractivity contribution is 5.91. The Hall–Kier alpha value is -3.03. The van der Waals surface area contributed by atoms with Crippen LogP contribution in [0.15, 0.2) is 54.7 Å². The van der Waals surface area contributed by atoms with E-state index in [2.05, 4.69) is 38.0 Å². The normalized spacial score (nSPS) is 20.2. The summed E-state index contributed by atoms with van der Waals surface area (Å²) in [6.45, 7) is 1.59. The van der Waals surface area contributed by atoms with Crippen LogP contribution in [0.1, 0.15) is 17.9 Å². The number of fused-ring (bicyclic) bond motifs is 1. The molecule has 7 heteroatoms. The van der Waals surface area contributed by atoms with E-state index in [1.165, 1.54) is 0 Å². The zero-order chi connectivity index (χ0) is 18.2. The van der Waals surface area contributed by atoms with Gasteiger partial charge in [0.1, 0.15) is 11.4 Å². The van der Waals surface area contributed by atoms with Crippen molar-refractivity contribution in [2.45, 2.75) is 18.4 Å². The van der Waals surface area contributed by atoms with Gasteiger partial charge in [-0.3, -0.25) is 5.10 Å². The molecule has 0 unspecified atom stereocenters. The van der Waals surface area contributed by atoms with Crippen LogP contribution < -0.4 is 5.32 Å². The Kier molecular flexibility index (Phi) is 3.95. The Labute approximate surface area is 156 Å². The summed E-state index contributed by atoms with van der Waals surface area (Å²) in [5.41, 5.74) is 4.59. The number of hydrogen-bond acceptors (Lipinski definition) is 5. The maximum Gasteiger partial charge on any atom is 0.134 e. The van der Waals surface area contributed by atoms with Gasteiger partial charge in [0.2, 0.25) is 0 Å². The molecule has 5 rings (SSSR count). The molecule has 3 N–H and O–H groups in total. The molecule has 2 aromatic heterocycles. The zero-order valence-corrected chi connectivity index (χ0v) is 14.7. The van der Waals surface area contributed by atoms with Crippen molar-refractivity contribution in [1.82, 2.24) is 30.5 Å². The van der Waals surface area contributed by atoms with E-state index in [4.69, 9.17) is 0 Å². The van der Waals surface area contributed by atoms with Gasteiger partial charge in [0.25, 0.3) is 0 Å².